The van der Waals surface area contributed by atoms with Gasteiger partial charge in [-0.3, -0.25) is 0 Å². The van der Waals surface area contributed by atoms with E-state index in [9.17, 15) is 5.26 Å². The fraction of sp³-hybridized carbons (Fsp3) is 1.00. The van der Waals surface area contributed by atoms with E-state index in [1.165, 1.54) is 7.11 Å². The number of ether oxygens (including phenoxy) is 1. The van der Waals surface area contributed by atoms with Crippen LogP contribution in [-0.4, -0.2) is 12.9 Å². The van der Waals surface area contributed by atoms with Gasteiger partial charge in [-0.15, -0.1) is 0 Å². The Labute approximate surface area is 67.2 Å². The van der Waals surface area contributed by atoms with Crippen LogP contribution in [0.4, 0.5) is 0 Å². The molecule has 1 aliphatic rings. The van der Waals surface area contributed by atoms with Gasteiger partial charge in [0.05, 0.1) is 0 Å². The SMILES string of the molecule is COC1(O[O-])CCC(C)CC1. The third-order valence-corrected chi connectivity index (χ3v) is 2.56. The molecule has 1 saturated carbocycles. The first-order valence-corrected chi connectivity index (χ1v) is 4.08. The van der Waals surface area contributed by atoms with Crippen molar-refractivity contribution in [2.75, 3.05) is 7.11 Å². The van der Waals surface area contributed by atoms with Gasteiger partial charge in [0.25, 0.3) is 0 Å². The van der Waals surface area contributed by atoms with Crippen LogP contribution >= 0.6 is 0 Å². The molecule has 0 N–H and O–H groups in total. The second kappa shape index (κ2) is 3.52. The molecule has 1 fully saturated rings. The molecule has 0 aromatic carbocycles. The van der Waals surface area contributed by atoms with Gasteiger partial charge in [0.1, 0.15) is 0 Å². The lowest BCUT2D eigenvalue weighted by Crippen LogP contribution is -2.42. The second-order valence-electron chi connectivity index (χ2n) is 3.38. The van der Waals surface area contributed by atoms with E-state index >= 15 is 0 Å². The van der Waals surface area contributed by atoms with Gasteiger partial charge in [-0.1, -0.05) is 6.92 Å². The molecule has 0 saturated heterocycles. The zero-order valence-corrected chi connectivity index (χ0v) is 7.13. The van der Waals surface area contributed by atoms with Crippen molar-refractivity contribution in [3.8, 4) is 0 Å². The summed E-state index contributed by atoms with van der Waals surface area (Å²) < 4.78 is 5.04. The molecule has 0 aliphatic heterocycles. The summed E-state index contributed by atoms with van der Waals surface area (Å²) >= 11 is 0. The quantitative estimate of drug-likeness (QED) is 0.340. The fourth-order valence-corrected chi connectivity index (χ4v) is 1.52. The number of methoxy groups -OCH3 is 1. The maximum Gasteiger partial charge on any atom is 0.158 e. The Balaban J connectivity index is 2.45. The normalized spacial score (nSPS) is 39.0. The van der Waals surface area contributed by atoms with E-state index in [0.29, 0.717) is 5.92 Å². The zero-order valence-electron chi connectivity index (χ0n) is 7.13. The Morgan fingerprint density at radius 1 is 1.36 bits per heavy atom. The minimum atomic E-state index is -0.813. The highest BCUT2D eigenvalue weighted by atomic mass is 17.1. The lowest BCUT2D eigenvalue weighted by atomic mass is 9.86. The van der Waals surface area contributed by atoms with Crippen molar-refractivity contribution in [3.63, 3.8) is 0 Å². The summed E-state index contributed by atoms with van der Waals surface area (Å²) in [5.41, 5.74) is 0. The van der Waals surface area contributed by atoms with Crippen molar-refractivity contribution < 1.29 is 14.9 Å². The van der Waals surface area contributed by atoms with Crippen molar-refractivity contribution in [3.05, 3.63) is 0 Å². The summed E-state index contributed by atoms with van der Waals surface area (Å²) in [5.74, 6) is -0.111. The molecular formula is C8H15O3-. The molecule has 0 atom stereocenters. The third kappa shape index (κ3) is 1.92. The maximum absolute atomic E-state index is 10.3. The summed E-state index contributed by atoms with van der Waals surface area (Å²) in [6, 6.07) is 0. The maximum atomic E-state index is 10.3. The molecule has 1 aliphatic carbocycles. The minimum absolute atomic E-state index is 0.702. The van der Waals surface area contributed by atoms with Crippen LogP contribution in [0, 0.1) is 5.92 Å². The van der Waals surface area contributed by atoms with Crippen LogP contribution in [0.2, 0.25) is 0 Å². The predicted octanol–water partition coefficient (Wildman–Crippen LogP) is 0.831. The highest BCUT2D eigenvalue weighted by Gasteiger charge is 2.32. The van der Waals surface area contributed by atoms with Crippen LogP contribution < -0.4 is 5.26 Å². The Morgan fingerprint density at radius 3 is 2.27 bits per heavy atom. The highest BCUT2D eigenvalue weighted by Crippen LogP contribution is 2.33. The third-order valence-electron chi connectivity index (χ3n) is 2.56. The van der Waals surface area contributed by atoms with E-state index in [-0.39, 0.29) is 0 Å². The Hall–Kier alpha value is -0.120. The van der Waals surface area contributed by atoms with Gasteiger partial charge in [-0.05, 0) is 18.8 Å². The van der Waals surface area contributed by atoms with Crippen molar-refractivity contribution in [1.29, 1.82) is 0 Å². The van der Waals surface area contributed by atoms with E-state index in [1.54, 1.807) is 0 Å². The van der Waals surface area contributed by atoms with Gasteiger partial charge >= 0.3 is 0 Å². The number of rotatable bonds is 2. The number of hydrogen-bond donors (Lipinski definition) is 0. The number of hydrogen-bond acceptors (Lipinski definition) is 3. The van der Waals surface area contributed by atoms with Crippen LogP contribution in [0.15, 0.2) is 0 Å². The average molecular weight is 159 g/mol. The largest absolute Gasteiger partial charge is 0.721 e. The second-order valence-corrected chi connectivity index (χ2v) is 3.38. The summed E-state index contributed by atoms with van der Waals surface area (Å²) in [6.45, 7) is 2.18. The van der Waals surface area contributed by atoms with Crippen LogP contribution in [-0.2, 0) is 9.62 Å². The lowest BCUT2D eigenvalue weighted by molar-refractivity contribution is -0.739. The first-order chi connectivity index (χ1) is 5.22. The fourth-order valence-electron chi connectivity index (χ4n) is 1.52. The molecule has 11 heavy (non-hydrogen) atoms. The molecule has 0 amide bonds. The van der Waals surface area contributed by atoms with Crippen LogP contribution in [0.1, 0.15) is 32.6 Å². The summed E-state index contributed by atoms with van der Waals surface area (Å²) in [6.07, 6.45) is 3.51. The Morgan fingerprint density at radius 2 is 1.91 bits per heavy atom. The molecular weight excluding hydrogens is 144 g/mol. The van der Waals surface area contributed by atoms with Crippen LogP contribution in [0.5, 0.6) is 0 Å². The standard InChI is InChI=1S/C8H16O3/c1-7-3-5-8(10-2,11-9)6-4-7/h7,9H,3-6H2,1-2H3/p-1. The first-order valence-electron chi connectivity index (χ1n) is 4.08. The Bertz CT molecular complexity index is 111. The first kappa shape index (κ1) is 8.97. The zero-order chi connectivity index (χ0) is 8.32. The van der Waals surface area contributed by atoms with Crippen molar-refractivity contribution >= 4 is 0 Å². The molecule has 0 aromatic heterocycles. The van der Waals surface area contributed by atoms with Gasteiger partial charge < -0.3 is 14.9 Å². The molecule has 0 aromatic rings. The van der Waals surface area contributed by atoms with Gasteiger partial charge in [0.2, 0.25) is 0 Å². The summed E-state index contributed by atoms with van der Waals surface area (Å²) in [7, 11) is 1.54. The smallest absolute Gasteiger partial charge is 0.158 e. The molecule has 0 bridgehead atoms. The van der Waals surface area contributed by atoms with Gasteiger partial charge in [-0.25, -0.2) is 0 Å². The van der Waals surface area contributed by atoms with E-state index in [4.69, 9.17) is 4.74 Å². The van der Waals surface area contributed by atoms with Gasteiger partial charge in [-0.2, -0.15) is 0 Å². The molecule has 0 heterocycles. The molecule has 1 rings (SSSR count). The lowest BCUT2D eigenvalue weighted by Gasteiger charge is -2.40. The molecule has 0 radical (unpaired) electrons. The summed E-state index contributed by atoms with van der Waals surface area (Å²) in [4.78, 5) is 4.10. The molecule has 3 heteroatoms. The predicted molar refractivity (Wildman–Crippen MR) is 38.5 cm³/mol. The van der Waals surface area contributed by atoms with Crippen LogP contribution in [0.25, 0.3) is 0 Å². The molecule has 3 nitrogen and oxygen atoms in total. The van der Waals surface area contributed by atoms with E-state index in [0.717, 1.165) is 25.7 Å². The molecule has 0 unspecified atom stereocenters. The van der Waals surface area contributed by atoms with Crippen LogP contribution in [0.3, 0.4) is 0 Å². The molecule has 66 valence electrons. The Kier molecular flexibility index (Phi) is 2.87. The summed E-state index contributed by atoms with van der Waals surface area (Å²) in [5, 5.41) is 10.3. The average Bonchev–Trinajstić information content (AvgIpc) is 2.07. The topological polar surface area (TPSA) is 41.5 Å². The minimum Gasteiger partial charge on any atom is -0.721 e. The van der Waals surface area contributed by atoms with E-state index in [1.807, 2.05) is 0 Å². The molecule has 0 spiro atoms. The van der Waals surface area contributed by atoms with E-state index < -0.39 is 5.79 Å². The van der Waals surface area contributed by atoms with Crippen molar-refractivity contribution in [2.24, 2.45) is 5.92 Å². The monoisotopic (exact) mass is 159 g/mol. The van der Waals surface area contributed by atoms with Gasteiger partial charge in [0, 0.05) is 20.0 Å². The van der Waals surface area contributed by atoms with Crippen molar-refractivity contribution in [1.82, 2.24) is 0 Å². The van der Waals surface area contributed by atoms with Crippen molar-refractivity contribution in [2.45, 2.75) is 38.4 Å². The van der Waals surface area contributed by atoms with E-state index in [2.05, 4.69) is 11.8 Å². The highest BCUT2D eigenvalue weighted by molar-refractivity contribution is 4.76. The van der Waals surface area contributed by atoms with Gasteiger partial charge in [0.15, 0.2) is 5.79 Å².